The molecular formula is C24H30BN5O6. The summed E-state index contributed by atoms with van der Waals surface area (Å²) in [5.41, 5.74) is 7.72. The Morgan fingerprint density at radius 3 is 2.67 bits per heavy atom. The van der Waals surface area contributed by atoms with Gasteiger partial charge in [-0.1, -0.05) is 13.8 Å². The molecule has 2 aromatic rings. The molecule has 0 radical (unpaired) electrons. The monoisotopic (exact) mass is 495 g/mol. The van der Waals surface area contributed by atoms with Crippen molar-refractivity contribution in [1.82, 2.24) is 9.78 Å². The lowest BCUT2D eigenvalue weighted by Gasteiger charge is -2.34. The standard InChI is InChI=1S/C24H30BN5O6/c1-14-7-16(8-17(23(32)33-4)20(14)25-35-12-24(2,3)13-36-25)28-22-18(21(27)31)10-30(29-22)19-11-34-6-5-15(19)9-26/h7-8,10,15,19H,5-6,11-13H2,1-4H3,(H2,27,31)(H,28,29)/t15-,19+/m0/s1. The van der Waals surface area contributed by atoms with Crippen molar-refractivity contribution in [2.45, 2.75) is 33.2 Å². The Morgan fingerprint density at radius 2 is 2.03 bits per heavy atom. The molecule has 1 aromatic heterocycles. The number of benzene rings is 1. The molecule has 36 heavy (non-hydrogen) atoms. The average Bonchev–Trinajstić information content (AvgIpc) is 3.27. The molecule has 0 spiro atoms. The number of hydrogen-bond acceptors (Lipinski definition) is 9. The minimum absolute atomic E-state index is 0.130. The maximum atomic E-state index is 12.7. The number of methoxy groups -OCH3 is 1. The number of carbonyl (C=O) groups excluding carboxylic acids is 2. The van der Waals surface area contributed by atoms with Gasteiger partial charge in [0.15, 0.2) is 5.82 Å². The van der Waals surface area contributed by atoms with Crippen LogP contribution in [-0.4, -0.2) is 62.3 Å². The zero-order valence-electron chi connectivity index (χ0n) is 20.9. The smallest absolute Gasteiger partial charge is 0.465 e. The van der Waals surface area contributed by atoms with Crippen molar-refractivity contribution in [3.63, 3.8) is 0 Å². The topological polar surface area (TPSA) is 151 Å². The number of nitrogens with one attached hydrogen (secondary N) is 1. The van der Waals surface area contributed by atoms with Gasteiger partial charge in [-0.05, 0) is 36.5 Å². The van der Waals surface area contributed by atoms with Crippen LogP contribution in [-0.2, 0) is 18.8 Å². The van der Waals surface area contributed by atoms with E-state index in [2.05, 4.69) is 16.5 Å². The molecule has 3 heterocycles. The molecule has 190 valence electrons. The molecule has 2 aliphatic heterocycles. The maximum Gasteiger partial charge on any atom is 0.495 e. The minimum Gasteiger partial charge on any atom is -0.465 e. The highest BCUT2D eigenvalue weighted by Gasteiger charge is 2.37. The van der Waals surface area contributed by atoms with Crippen molar-refractivity contribution in [2.75, 3.05) is 38.9 Å². The molecule has 1 aromatic carbocycles. The number of aryl methyl sites for hydroxylation is 1. The molecular weight excluding hydrogens is 465 g/mol. The zero-order valence-corrected chi connectivity index (χ0v) is 20.9. The SMILES string of the molecule is COC(=O)c1cc(Nc2nn([C@@H]3COCC[C@H]3C#N)cc2C(N)=O)cc(C)c1B1OCC(C)(C)CO1. The number of rotatable bonds is 6. The van der Waals surface area contributed by atoms with E-state index < -0.39 is 19.0 Å². The number of ether oxygens (including phenoxy) is 2. The number of nitriles is 1. The summed E-state index contributed by atoms with van der Waals surface area (Å²) in [6.45, 7) is 7.67. The number of nitrogens with two attached hydrogens (primary N) is 1. The molecule has 2 fully saturated rings. The first-order valence-corrected chi connectivity index (χ1v) is 11.7. The Morgan fingerprint density at radius 1 is 1.31 bits per heavy atom. The highest BCUT2D eigenvalue weighted by molar-refractivity contribution is 6.63. The Kier molecular flexibility index (Phi) is 7.35. The van der Waals surface area contributed by atoms with Crippen LogP contribution in [0.5, 0.6) is 0 Å². The molecule has 4 rings (SSSR count). The quantitative estimate of drug-likeness (QED) is 0.451. The Bertz CT molecular complexity index is 1200. The summed E-state index contributed by atoms with van der Waals surface area (Å²) in [5.74, 6) is -1.33. The van der Waals surface area contributed by atoms with E-state index in [1.54, 1.807) is 16.8 Å². The second-order valence-corrected chi connectivity index (χ2v) is 9.89. The fraction of sp³-hybridized carbons (Fsp3) is 0.500. The summed E-state index contributed by atoms with van der Waals surface area (Å²) in [5, 5.41) is 17.1. The third-order valence-electron chi connectivity index (χ3n) is 6.37. The van der Waals surface area contributed by atoms with Crippen LogP contribution in [0.1, 0.15) is 52.6 Å². The summed E-state index contributed by atoms with van der Waals surface area (Å²) in [6.07, 6.45) is 2.09. The molecule has 2 saturated heterocycles. The number of carbonyl (C=O) groups is 2. The van der Waals surface area contributed by atoms with Crippen LogP contribution in [0.4, 0.5) is 11.5 Å². The van der Waals surface area contributed by atoms with Crippen LogP contribution in [0, 0.1) is 29.6 Å². The van der Waals surface area contributed by atoms with E-state index in [1.165, 1.54) is 13.3 Å². The van der Waals surface area contributed by atoms with Gasteiger partial charge in [0.05, 0.1) is 37.3 Å². The molecule has 0 aliphatic carbocycles. The number of esters is 1. The number of aromatic nitrogens is 2. The first kappa shape index (κ1) is 25.7. The normalized spacial score (nSPS) is 21.5. The van der Waals surface area contributed by atoms with Crippen LogP contribution >= 0.6 is 0 Å². The molecule has 0 saturated carbocycles. The first-order valence-electron chi connectivity index (χ1n) is 11.7. The molecule has 2 aliphatic rings. The number of anilines is 2. The first-order chi connectivity index (χ1) is 17.1. The van der Waals surface area contributed by atoms with Crippen molar-refractivity contribution >= 4 is 36.0 Å². The molecule has 0 unspecified atom stereocenters. The minimum atomic E-state index is -0.712. The highest BCUT2D eigenvalue weighted by Crippen LogP contribution is 2.29. The highest BCUT2D eigenvalue weighted by atomic mass is 16.6. The van der Waals surface area contributed by atoms with Gasteiger partial charge in [-0.3, -0.25) is 9.48 Å². The number of hydrogen-bond donors (Lipinski definition) is 2. The van der Waals surface area contributed by atoms with E-state index in [1.807, 2.05) is 20.8 Å². The fourth-order valence-corrected chi connectivity index (χ4v) is 4.43. The molecule has 12 heteroatoms. The van der Waals surface area contributed by atoms with Gasteiger partial charge in [0, 0.05) is 37.1 Å². The molecule has 3 N–H and O–H groups in total. The predicted molar refractivity (Wildman–Crippen MR) is 131 cm³/mol. The Balaban J connectivity index is 1.68. The second-order valence-electron chi connectivity index (χ2n) is 9.89. The molecule has 1 amide bonds. The van der Waals surface area contributed by atoms with Crippen molar-refractivity contribution in [1.29, 1.82) is 5.26 Å². The van der Waals surface area contributed by atoms with Gasteiger partial charge < -0.3 is 29.8 Å². The van der Waals surface area contributed by atoms with Crippen LogP contribution in [0.2, 0.25) is 0 Å². The van der Waals surface area contributed by atoms with Crippen molar-refractivity contribution in [3.05, 3.63) is 35.0 Å². The van der Waals surface area contributed by atoms with Crippen LogP contribution in [0.15, 0.2) is 18.3 Å². The van der Waals surface area contributed by atoms with Crippen LogP contribution < -0.4 is 16.5 Å². The van der Waals surface area contributed by atoms with Gasteiger partial charge >= 0.3 is 13.1 Å². The van der Waals surface area contributed by atoms with Crippen molar-refractivity contribution in [2.24, 2.45) is 17.1 Å². The lowest BCUT2D eigenvalue weighted by atomic mass is 9.71. The third kappa shape index (κ3) is 5.23. The van der Waals surface area contributed by atoms with Crippen molar-refractivity contribution in [3.8, 4) is 6.07 Å². The Labute approximate surface area is 210 Å². The van der Waals surface area contributed by atoms with E-state index >= 15 is 0 Å². The number of amides is 1. The summed E-state index contributed by atoms with van der Waals surface area (Å²) >= 11 is 0. The fourth-order valence-electron chi connectivity index (χ4n) is 4.43. The van der Waals surface area contributed by atoms with Crippen molar-refractivity contribution < 1.29 is 28.4 Å². The van der Waals surface area contributed by atoms with Gasteiger partial charge in [-0.2, -0.15) is 10.4 Å². The summed E-state index contributed by atoms with van der Waals surface area (Å²) < 4.78 is 24.0. The van der Waals surface area contributed by atoms with E-state index in [0.29, 0.717) is 44.0 Å². The van der Waals surface area contributed by atoms with Crippen LogP contribution in [0.3, 0.4) is 0 Å². The molecule has 2 atom stereocenters. The molecule has 11 nitrogen and oxygen atoms in total. The predicted octanol–water partition coefficient (Wildman–Crippen LogP) is 1.69. The maximum absolute atomic E-state index is 12.7. The summed E-state index contributed by atoms with van der Waals surface area (Å²) in [6, 6.07) is 5.34. The van der Waals surface area contributed by atoms with Gasteiger partial charge in [0.1, 0.15) is 5.56 Å². The second kappa shape index (κ2) is 10.3. The van der Waals surface area contributed by atoms with Gasteiger partial charge in [0.25, 0.3) is 5.91 Å². The summed E-state index contributed by atoms with van der Waals surface area (Å²) in [4.78, 5) is 24.9. The van der Waals surface area contributed by atoms with Gasteiger partial charge in [0.2, 0.25) is 0 Å². The number of nitrogens with zero attached hydrogens (tertiary/aromatic N) is 3. The van der Waals surface area contributed by atoms with E-state index in [-0.39, 0.29) is 34.3 Å². The zero-order chi connectivity index (χ0) is 26.0. The van der Waals surface area contributed by atoms with Crippen LogP contribution in [0.25, 0.3) is 0 Å². The van der Waals surface area contributed by atoms with Gasteiger partial charge in [-0.25, -0.2) is 4.79 Å². The lowest BCUT2D eigenvalue weighted by Crippen LogP contribution is -2.50. The summed E-state index contributed by atoms with van der Waals surface area (Å²) in [7, 11) is 0.591. The third-order valence-corrected chi connectivity index (χ3v) is 6.37. The average molecular weight is 495 g/mol. The van der Waals surface area contributed by atoms with E-state index in [4.69, 9.17) is 24.5 Å². The largest absolute Gasteiger partial charge is 0.495 e. The van der Waals surface area contributed by atoms with Gasteiger partial charge in [-0.15, -0.1) is 0 Å². The van der Waals surface area contributed by atoms with E-state index in [0.717, 1.165) is 5.56 Å². The Hall–Kier alpha value is -3.40. The number of primary amides is 1. The molecule has 0 bridgehead atoms. The lowest BCUT2D eigenvalue weighted by molar-refractivity contribution is 0.0339. The van der Waals surface area contributed by atoms with E-state index in [9.17, 15) is 14.9 Å².